The Hall–Kier alpha value is -3.62. The fourth-order valence-corrected chi connectivity index (χ4v) is 3.26. The van der Waals surface area contributed by atoms with Crippen molar-refractivity contribution in [3.05, 3.63) is 78.1 Å². The van der Waals surface area contributed by atoms with Crippen LogP contribution < -0.4 is 9.64 Å². The van der Waals surface area contributed by atoms with Gasteiger partial charge in [0, 0.05) is 50.2 Å². The summed E-state index contributed by atoms with van der Waals surface area (Å²) in [4.78, 5) is 24.7. The molecule has 1 amide bonds. The van der Waals surface area contributed by atoms with E-state index in [2.05, 4.69) is 14.9 Å². The summed E-state index contributed by atoms with van der Waals surface area (Å²) in [6.45, 7) is 2.57. The maximum Gasteiger partial charge on any atom is 0.417 e. The number of hydrogen-bond acceptors (Lipinski definition) is 5. The Kier molecular flexibility index (Phi) is 5.75. The van der Waals surface area contributed by atoms with Gasteiger partial charge in [0.1, 0.15) is 11.6 Å². The Morgan fingerprint density at radius 2 is 1.65 bits per heavy atom. The van der Waals surface area contributed by atoms with E-state index in [4.69, 9.17) is 4.74 Å². The largest absolute Gasteiger partial charge is 0.439 e. The van der Waals surface area contributed by atoms with Gasteiger partial charge in [0.05, 0.1) is 5.56 Å². The fraction of sp³-hybridized carbons (Fsp3) is 0.227. The first-order valence-electron chi connectivity index (χ1n) is 9.66. The van der Waals surface area contributed by atoms with E-state index in [1.807, 2.05) is 18.2 Å². The van der Waals surface area contributed by atoms with Crippen LogP contribution in [-0.4, -0.2) is 47.0 Å². The van der Waals surface area contributed by atoms with Crippen LogP contribution in [0.5, 0.6) is 11.6 Å². The maximum atomic E-state index is 12.8. The molecule has 0 spiro atoms. The molecule has 6 nitrogen and oxygen atoms in total. The molecule has 3 aromatic rings. The van der Waals surface area contributed by atoms with E-state index in [0.717, 1.165) is 24.1 Å². The third-order valence-corrected chi connectivity index (χ3v) is 4.93. The highest BCUT2D eigenvalue weighted by molar-refractivity contribution is 5.94. The minimum atomic E-state index is -4.45. The van der Waals surface area contributed by atoms with Crippen molar-refractivity contribution >= 4 is 11.7 Å². The predicted molar refractivity (Wildman–Crippen MR) is 108 cm³/mol. The first-order valence-corrected chi connectivity index (χ1v) is 9.66. The van der Waals surface area contributed by atoms with Gasteiger partial charge in [0.15, 0.2) is 0 Å². The number of hydrogen-bond donors (Lipinski definition) is 0. The summed E-state index contributed by atoms with van der Waals surface area (Å²) < 4.78 is 43.3. The maximum absolute atomic E-state index is 12.8. The number of alkyl halides is 3. The normalized spacial score (nSPS) is 14.4. The van der Waals surface area contributed by atoms with Gasteiger partial charge in [-0.05, 0) is 42.5 Å². The summed E-state index contributed by atoms with van der Waals surface area (Å²) >= 11 is 0. The van der Waals surface area contributed by atoms with E-state index in [1.54, 1.807) is 35.4 Å². The number of carbonyl (C=O) groups is 1. The summed E-state index contributed by atoms with van der Waals surface area (Å²) in [6.07, 6.45) is -1.98. The van der Waals surface area contributed by atoms with E-state index >= 15 is 0 Å². The second-order valence-electron chi connectivity index (χ2n) is 6.98. The van der Waals surface area contributed by atoms with Crippen LogP contribution in [0.3, 0.4) is 0 Å². The van der Waals surface area contributed by atoms with Crippen LogP contribution in [0.4, 0.5) is 19.0 Å². The smallest absolute Gasteiger partial charge is 0.417 e. The van der Waals surface area contributed by atoms with Gasteiger partial charge in [-0.15, -0.1) is 0 Å². The molecule has 0 radical (unpaired) electrons. The van der Waals surface area contributed by atoms with Crippen LogP contribution in [0.1, 0.15) is 15.9 Å². The highest BCUT2D eigenvalue weighted by Gasteiger charge is 2.30. The average Bonchev–Trinajstić information content (AvgIpc) is 2.80. The summed E-state index contributed by atoms with van der Waals surface area (Å²) in [5.74, 6) is 1.23. The second-order valence-corrected chi connectivity index (χ2v) is 6.98. The first-order chi connectivity index (χ1) is 14.9. The van der Waals surface area contributed by atoms with Crippen LogP contribution >= 0.6 is 0 Å². The van der Waals surface area contributed by atoms with Crippen LogP contribution in [0.25, 0.3) is 0 Å². The van der Waals surface area contributed by atoms with Crippen molar-refractivity contribution in [3.8, 4) is 11.6 Å². The van der Waals surface area contributed by atoms with Gasteiger partial charge < -0.3 is 14.5 Å². The Morgan fingerprint density at radius 3 is 2.23 bits per heavy atom. The number of aromatic nitrogens is 2. The Labute approximate surface area is 176 Å². The fourth-order valence-electron chi connectivity index (χ4n) is 3.26. The monoisotopic (exact) mass is 428 g/mol. The van der Waals surface area contributed by atoms with E-state index in [-0.39, 0.29) is 11.8 Å². The molecule has 1 fully saturated rings. The zero-order valence-corrected chi connectivity index (χ0v) is 16.4. The van der Waals surface area contributed by atoms with Crippen LogP contribution in [0, 0.1) is 0 Å². The number of amides is 1. The molecular formula is C22H19F3N4O2. The molecule has 1 aromatic carbocycles. The number of carbonyl (C=O) groups excluding carboxylic acids is 1. The van der Waals surface area contributed by atoms with Crippen molar-refractivity contribution in [2.24, 2.45) is 0 Å². The molecule has 0 atom stereocenters. The molecule has 0 saturated carbocycles. The van der Waals surface area contributed by atoms with Crippen molar-refractivity contribution in [1.82, 2.24) is 14.9 Å². The summed E-state index contributed by atoms with van der Waals surface area (Å²) in [7, 11) is 0. The van der Waals surface area contributed by atoms with Crippen LogP contribution in [0.15, 0.2) is 67.0 Å². The molecule has 0 bridgehead atoms. The minimum absolute atomic E-state index is 0.0396. The van der Waals surface area contributed by atoms with Crippen LogP contribution in [-0.2, 0) is 6.18 Å². The third-order valence-electron chi connectivity index (χ3n) is 4.93. The lowest BCUT2D eigenvalue weighted by atomic mass is 10.1. The number of ether oxygens (including phenoxy) is 1. The number of piperazine rings is 1. The topological polar surface area (TPSA) is 58.6 Å². The molecule has 1 aliphatic heterocycles. The molecule has 1 aliphatic rings. The quantitative estimate of drug-likeness (QED) is 0.622. The lowest BCUT2D eigenvalue weighted by Gasteiger charge is -2.35. The van der Waals surface area contributed by atoms with Gasteiger partial charge in [0.25, 0.3) is 5.91 Å². The lowest BCUT2D eigenvalue weighted by Crippen LogP contribution is -2.49. The molecule has 0 aliphatic carbocycles. The van der Waals surface area contributed by atoms with Gasteiger partial charge in [-0.25, -0.2) is 9.97 Å². The van der Waals surface area contributed by atoms with Gasteiger partial charge in [-0.1, -0.05) is 6.07 Å². The Bertz CT molecular complexity index is 1020. The number of pyridine rings is 2. The van der Waals surface area contributed by atoms with E-state index < -0.39 is 11.7 Å². The molecule has 4 rings (SSSR count). The standard InChI is InChI=1S/C22H19F3N4O2/c23-22(24,25)17-6-9-20(27-15-17)31-18-7-4-16(5-8-18)21(30)29-13-11-28(12-14-29)19-3-1-2-10-26-19/h1-10,15H,11-14H2. The van der Waals surface area contributed by atoms with Gasteiger partial charge in [0.2, 0.25) is 5.88 Å². The molecule has 9 heteroatoms. The van der Waals surface area contributed by atoms with Crippen molar-refractivity contribution in [1.29, 1.82) is 0 Å². The van der Waals surface area contributed by atoms with Crippen molar-refractivity contribution in [2.75, 3.05) is 31.1 Å². The minimum Gasteiger partial charge on any atom is -0.439 e. The van der Waals surface area contributed by atoms with E-state index in [1.165, 1.54) is 0 Å². The van der Waals surface area contributed by atoms with Crippen molar-refractivity contribution < 1.29 is 22.7 Å². The third kappa shape index (κ3) is 4.93. The molecule has 2 aromatic heterocycles. The van der Waals surface area contributed by atoms with Crippen molar-refractivity contribution in [2.45, 2.75) is 6.18 Å². The summed E-state index contributed by atoms with van der Waals surface area (Å²) in [5.41, 5.74) is -0.331. The van der Waals surface area contributed by atoms with E-state index in [0.29, 0.717) is 37.5 Å². The number of rotatable bonds is 4. The van der Waals surface area contributed by atoms with E-state index in [9.17, 15) is 18.0 Å². The zero-order valence-electron chi connectivity index (χ0n) is 16.4. The summed E-state index contributed by atoms with van der Waals surface area (Å²) in [5, 5.41) is 0. The zero-order chi connectivity index (χ0) is 21.8. The Balaban J connectivity index is 1.34. The lowest BCUT2D eigenvalue weighted by molar-refractivity contribution is -0.137. The highest BCUT2D eigenvalue weighted by Crippen LogP contribution is 2.30. The molecule has 1 saturated heterocycles. The summed E-state index contributed by atoms with van der Waals surface area (Å²) in [6, 6.07) is 14.3. The Morgan fingerprint density at radius 1 is 0.903 bits per heavy atom. The number of halogens is 3. The van der Waals surface area contributed by atoms with Crippen molar-refractivity contribution in [3.63, 3.8) is 0 Å². The number of nitrogens with zero attached hydrogens (tertiary/aromatic N) is 4. The first kappa shape index (κ1) is 20.6. The van der Waals surface area contributed by atoms with Gasteiger partial charge in [-0.2, -0.15) is 13.2 Å². The molecule has 31 heavy (non-hydrogen) atoms. The second kappa shape index (κ2) is 8.63. The predicted octanol–water partition coefficient (Wildman–Crippen LogP) is 4.25. The average molecular weight is 428 g/mol. The SMILES string of the molecule is O=C(c1ccc(Oc2ccc(C(F)(F)F)cn2)cc1)N1CCN(c2ccccn2)CC1. The van der Waals surface area contributed by atoms with Gasteiger partial charge in [-0.3, -0.25) is 4.79 Å². The molecule has 0 unspecified atom stereocenters. The van der Waals surface area contributed by atoms with Gasteiger partial charge >= 0.3 is 6.18 Å². The molecule has 3 heterocycles. The number of benzene rings is 1. The molecule has 160 valence electrons. The number of anilines is 1. The molecule has 0 N–H and O–H groups in total. The molecular weight excluding hydrogens is 409 g/mol. The van der Waals surface area contributed by atoms with Crippen LogP contribution in [0.2, 0.25) is 0 Å². The highest BCUT2D eigenvalue weighted by atomic mass is 19.4.